The van der Waals surface area contributed by atoms with Gasteiger partial charge in [0.1, 0.15) is 5.75 Å². The van der Waals surface area contributed by atoms with Crippen molar-refractivity contribution < 1.29 is 27.8 Å². The van der Waals surface area contributed by atoms with Gasteiger partial charge in [0.2, 0.25) is 5.91 Å². The number of hydrogen-bond donors (Lipinski definition) is 0. The van der Waals surface area contributed by atoms with Crippen molar-refractivity contribution in [3.8, 4) is 17.2 Å². The van der Waals surface area contributed by atoms with E-state index in [-0.39, 0.29) is 24.0 Å². The zero-order valence-electron chi connectivity index (χ0n) is 15.6. The van der Waals surface area contributed by atoms with Crippen LogP contribution in [0.3, 0.4) is 0 Å². The van der Waals surface area contributed by atoms with Crippen molar-refractivity contribution in [1.82, 2.24) is 4.90 Å². The first-order chi connectivity index (χ1) is 13.3. The van der Waals surface area contributed by atoms with E-state index < -0.39 is 6.61 Å². The minimum absolute atomic E-state index is 0.136. The first-order valence-electron chi connectivity index (χ1n) is 8.23. The maximum absolute atomic E-state index is 12.7. The molecular formula is C20H20ClF2NO4. The number of ether oxygens (including phenoxy) is 3. The molecule has 0 atom stereocenters. The van der Waals surface area contributed by atoms with Gasteiger partial charge >= 0.3 is 6.61 Å². The lowest BCUT2D eigenvalue weighted by Crippen LogP contribution is -2.24. The Kier molecular flexibility index (Phi) is 7.63. The summed E-state index contributed by atoms with van der Waals surface area (Å²) in [5.41, 5.74) is 1.03. The summed E-state index contributed by atoms with van der Waals surface area (Å²) in [5, 5.41) is 0.525. The third kappa shape index (κ3) is 5.60. The number of carbonyl (C=O) groups is 1. The zero-order valence-corrected chi connectivity index (χ0v) is 16.4. The molecule has 2 aromatic rings. The van der Waals surface area contributed by atoms with E-state index in [2.05, 4.69) is 4.74 Å². The molecule has 1 amide bonds. The van der Waals surface area contributed by atoms with Crippen LogP contribution in [0, 0.1) is 0 Å². The predicted octanol–water partition coefficient (Wildman–Crippen LogP) is 4.63. The van der Waals surface area contributed by atoms with Crippen LogP contribution in [0.4, 0.5) is 8.78 Å². The lowest BCUT2D eigenvalue weighted by molar-refractivity contribution is -0.125. The molecule has 150 valence electrons. The topological polar surface area (TPSA) is 48.0 Å². The molecule has 0 aliphatic carbocycles. The molecular weight excluding hydrogens is 392 g/mol. The fourth-order valence-corrected chi connectivity index (χ4v) is 2.73. The Morgan fingerprint density at radius 2 is 1.89 bits per heavy atom. The number of para-hydroxylation sites is 1. The molecule has 0 aliphatic heterocycles. The van der Waals surface area contributed by atoms with Crippen LogP contribution in [0.5, 0.6) is 17.2 Å². The predicted molar refractivity (Wildman–Crippen MR) is 103 cm³/mol. The van der Waals surface area contributed by atoms with Crippen LogP contribution in [0.2, 0.25) is 5.02 Å². The van der Waals surface area contributed by atoms with Gasteiger partial charge in [0.25, 0.3) is 0 Å². The maximum atomic E-state index is 12.7. The molecule has 2 aromatic carbocycles. The van der Waals surface area contributed by atoms with E-state index in [9.17, 15) is 13.6 Å². The average Bonchev–Trinajstić information content (AvgIpc) is 2.66. The summed E-state index contributed by atoms with van der Waals surface area (Å²) in [6.45, 7) is -2.76. The van der Waals surface area contributed by atoms with Crippen molar-refractivity contribution in [3.05, 3.63) is 58.6 Å². The second kappa shape index (κ2) is 9.94. The largest absolute Gasteiger partial charge is 0.496 e. The number of rotatable bonds is 8. The van der Waals surface area contributed by atoms with Crippen molar-refractivity contribution in [1.29, 1.82) is 0 Å². The van der Waals surface area contributed by atoms with Crippen molar-refractivity contribution >= 4 is 23.6 Å². The Balaban J connectivity index is 2.18. The molecule has 0 saturated heterocycles. The van der Waals surface area contributed by atoms with Gasteiger partial charge in [-0.1, -0.05) is 23.7 Å². The van der Waals surface area contributed by atoms with Crippen LogP contribution in [0.25, 0.3) is 6.08 Å². The first-order valence-corrected chi connectivity index (χ1v) is 8.61. The molecule has 5 nitrogen and oxygen atoms in total. The first kappa shape index (κ1) is 21.5. The van der Waals surface area contributed by atoms with Crippen LogP contribution in [0.1, 0.15) is 11.1 Å². The number of benzene rings is 2. The Morgan fingerprint density at radius 1 is 1.18 bits per heavy atom. The quantitative estimate of drug-likeness (QED) is 0.594. The summed E-state index contributed by atoms with van der Waals surface area (Å²) in [6, 6.07) is 9.78. The number of carbonyl (C=O) groups excluding carboxylic acids is 1. The maximum Gasteiger partial charge on any atom is 0.387 e. The second-order valence-electron chi connectivity index (χ2n) is 5.74. The van der Waals surface area contributed by atoms with E-state index in [4.69, 9.17) is 21.1 Å². The van der Waals surface area contributed by atoms with E-state index in [1.807, 2.05) is 0 Å². The van der Waals surface area contributed by atoms with E-state index >= 15 is 0 Å². The molecule has 2 rings (SSSR count). The minimum atomic E-state index is -3.02. The molecule has 8 heteroatoms. The lowest BCUT2D eigenvalue weighted by Gasteiger charge is -2.17. The minimum Gasteiger partial charge on any atom is -0.496 e. The fraction of sp³-hybridized carbons (Fsp3) is 0.250. The van der Waals surface area contributed by atoms with Gasteiger partial charge in [-0.05, 0) is 30.3 Å². The Morgan fingerprint density at radius 3 is 2.54 bits per heavy atom. The van der Waals surface area contributed by atoms with Gasteiger partial charge in [-0.25, -0.2) is 0 Å². The number of amides is 1. The van der Waals surface area contributed by atoms with Gasteiger partial charge < -0.3 is 19.1 Å². The van der Waals surface area contributed by atoms with Crippen LogP contribution < -0.4 is 14.2 Å². The number of halogens is 3. The number of alkyl halides is 2. The molecule has 0 radical (unpaired) electrons. The molecule has 0 heterocycles. The summed E-state index contributed by atoms with van der Waals surface area (Å²) in [5.74, 6) is 0.274. The monoisotopic (exact) mass is 411 g/mol. The Labute approximate surface area is 167 Å². The molecule has 0 aromatic heterocycles. The van der Waals surface area contributed by atoms with Crippen molar-refractivity contribution in [2.75, 3.05) is 21.3 Å². The molecule has 0 saturated carbocycles. The smallest absolute Gasteiger partial charge is 0.387 e. The molecule has 0 fully saturated rings. The van der Waals surface area contributed by atoms with Gasteiger partial charge in [0, 0.05) is 35.8 Å². The van der Waals surface area contributed by atoms with E-state index in [0.29, 0.717) is 16.3 Å². The van der Waals surface area contributed by atoms with E-state index in [1.54, 1.807) is 37.4 Å². The number of hydrogen-bond acceptors (Lipinski definition) is 4. The zero-order chi connectivity index (χ0) is 20.7. The van der Waals surface area contributed by atoms with Crippen LogP contribution in [0.15, 0.2) is 42.5 Å². The lowest BCUT2D eigenvalue weighted by atomic mass is 10.1. The average molecular weight is 412 g/mol. The highest BCUT2D eigenvalue weighted by atomic mass is 35.5. The summed E-state index contributed by atoms with van der Waals surface area (Å²) < 4.78 is 40.2. The summed E-state index contributed by atoms with van der Waals surface area (Å²) in [7, 11) is 4.48. The second-order valence-corrected chi connectivity index (χ2v) is 6.18. The Bertz CT molecular complexity index is 858. The Hall–Kier alpha value is -2.80. The highest BCUT2D eigenvalue weighted by Crippen LogP contribution is 2.33. The summed E-state index contributed by atoms with van der Waals surface area (Å²) in [4.78, 5) is 13.9. The highest BCUT2D eigenvalue weighted by molar-refractivity contribution is 6.30. The summed E-state index contributed by atoms with van der Waals surface area (Å²) >= 11 is 6.01. The van der Waals surface area contributed by atoms with Crippen LogP contribution >= 0.6 is 11.6 Å². The molecule has 0 bridgehead atoms. The van der Waals surface area contributed by atoms with Crippen LogP contribution in [-0.4, -0.2) is 38.7 Å². The molecule has 0 spiro atoms. The van der Waals surface area contributed by atoms with Crippen molar-refractivity contribution in [3.63, 3.8) is 0 Å². The standard InChI is InChI=1S/C20H20ClF2NO4/c1-24(12-14-11-15(21)8-9-16(14)26-2)18(25)10-7-13-5-4-6-17(27-3)19(13)28-20(22)23/h4-11,20H,12H2,1-3H3/b10-7+. The third-order valence-corrected chi connectivity index (χ3v) is 4.10. The highest BCUT2D eigenvalue weighted by Gasteiger charge is 2.15. The summed E-state index contributed by atoms with van der Waals surface area (Å²) in [6.07, 6.45) is 2.67. The van der Waals surface area contributed by atoms with Gasteiger partial charge in [-0.15, -0.1) is 0 Å². The van der Waals surface area contributed by atoms with Crippen LogP contribution in [-0.2, 0) is 11.3 Å². The van der Waals surface area contributed by atoms with E-state index in [1.165, 1.54) is 37.3 Å². The van der Waals surface area contributed by atoms with E-state index in [0.717, 1.165) is 5.56 Å². The molecule has 0 aliphatic rings. The number of likely N-dealkylation sites (N-methyl/N-ethyl adjacent to an activating group) is 1. The van der Waals surface area contributed by atoms with Gasteiger partial charge in [0.05, 0.1) is 14.2 Å². The van der Waals surface area contributed by atoms with Gasteiger partial charge in [-0.3, -0.25) is 4.79 Å². The van der Waals surface area contributed by atoms with Crippen molar-refractivity contribution in [2.24, 2.45) is 0 Å². The molecule has 0 unspecified atom stereocenters. The molecule has 28 heavy (non-hydrogen) atoms. The van der Waals surface area contributed by atoms with Crippen molar-refractivity contribution in [2.45, 2.75) is 13.2 Å². The normalized spacial score (nSPS) is 11.0. The molecule has 0 N–H and O–H groups in total. The third-order valence-electron chi connectivity index (χ3n) is 3.87. The number of nitrogens with zero attached hydrogens (tertiary/aromatic N) is 1. The SMILES string of the molecule is COc1ccc(Cl)cc1CN(C)C(=O)/C=C/c1cccc(OC)c1OC(F)F. The number of methoxy groups -OCH3 is 2. The van der Waals surface area contributed by atoms with Gasteiger partial charge in [0.15, 0.2) is 11.5 Å². The fourth-order valence-electron chi connectivity index (χ4n) is 2.53. The van der Waals surface area contributed by atoms with Gasteiger partial charge in [-0.2, -0.15) is 8.78 Å².